The molecule has 4 rings (SSSR count). The normalized spacial score (nSPS) is 11.1. The fraction of sp³-hybridized carbons (Fsp3) is 0.133. The van der Waals surface area contributed by atoms with Crippen LogP contribution in [0.3, 0.4) is 0 Å². The Hall–Kier alpha value is -3.83. The maximum atomic E-state index is 12.7. The lowest BCUT2D eigenvalue weighted by Crippen LogP contribution is -2.13. The molecule has 0 spiro atoms. The molecule has 0 radical (unpaired) electrons. The molecule has 0 aliphatic carbocycles. The van der Waals surface area contributed by atoms with Gasteiger partial charge in [0.1, 0.15) is 18.2 Å². The highest BCUT2D eigenvalue weighted by molar-refractivity contribution is 14.1. The molecule has 0 fully saturated rings. The van der Waals surface area contributed by atoms with Gasteiger partial charge < -0.3 is 14.8 Å². The van der Waals surface area contributed by atoms with E-state index < -0.39 is 5.91 Å². The molecule has 0 saturated heterocycles. The second-order valence-electron chi connectivity index (χ2n) is 8.18. The number of carbonyl (C=O) groups is 1. The summed E-state index contributed by atoms with van der Waals surface area (Å²) in [7, 11) is 0. The number of aryl methyl sites for hydroxylation is 1. The molecule has 4 aromatic carbocycles. The van der Waals surface area contributed by atoms with Gasteiger partial charge in [-0.05, 0) is 88.7 Å². The van der Waals surface area contributed by atoms with Gasteiger partial charge in [-0.2, -0.15) is 5.26 Å². The molecule has 1 amide bonds. The average molecular weight is 588 g/mol. The number of hydrogen-bond acceptors (Lipinski definition) is 4. The Labute approximate surface area is 224 Å². The summed E-state index contributed by atoms with van der Waals surface area (Å²) in [5.41, 5.74) is 3.47. The zero-order valence-electron chi connectivity index (χ0n) is 20.0. The number of carbonyl (C=O) groups excluding carboxylic acids is 1. The number of ether oxygens (including phenoxy) is 2. The molecule has 4 aromatic rings. The smallest absolute Gasteiger partial charge is 0.266 e. The van der Waals surface area contributed by atoms with E-state index in [9.17, 15) is 10.1 Å². The minimum atomic E-state index is -0.467. The van der Waals surface area contributed by atoms with E-state index in [0.717, 1.165) is 25.5 Å². The van der Waals surface area contributed by atoms with E-state index in [1.165, 1.54) is 0 Å². The quantitative estimate of drug-likeness (QED) is 0.134. The third-order valence-corrected chi connectivity index (χ3v) is 6.37. The van der Waals surface area contributed by atoms with Crippen LogP contribution in [0.4, 0.5) is 5.69 Å². The largest absolute Gasteiger partial charge is 0.490 e. The maximum absolute atomic E-state index is 12.7. The van der Waals surface area contributed by atoms with E-state index in [4.69, 9.17) is 9.47 Å². The minimum absolute atomic E-state index is 0.00162. The molecule has 5 nitrogen and oxygen atoms in total. The standard InChI is InChI=1S/C30H25IN2O3/c1-3-35-28-17-21(15-24(18-32)30(34)33-25-13-11-20(2)12-14-25)16-27(31)29(28)36-19-23-9-6-8-22-7-4-5-10-26(22)23/h4-17H,3,19H2,1-2H3,(H,33,34)/b24-15-. The Morgan fingerprint density at radius 2 is 1.78 bits per heavy atom. The lowest BCUT2D eigenvalue weighted by Gasteiger charge is -2.16. The summed E-state index contributed by atoms with van der Waals surface area (Å²) in [5.74, 6) is 0.725. The zero-order valence-corrected chi connectivity index (χ0v) is 22.2. The van der Waals surface area contributed by atoms with Gasteiger partial charge in [0.2, 0.25) is 0 Å². The average Bonchev–Trinajstić information content (AvgIpc) is 2.88. The Morgan fingerprint density at radius 1 is 1.03 bits per heavy atom. The predicted molar refractivity (Wildman–Crippen MR) is 152 cm³/mol. The van der Waals surface area contributed by atoms with Crippen LogP contribution in [0.2, 0.25) is 0 Å². The molecule has 0 bridgehead atoms. The molecule has 36 heavy (non-hydrogen) atoms. The first-order valence-electron chi connectivity index (χ1n) is 11.5. The Kier molecular flexibility index (Phi) is 8.24. The summed E-state index contributed by atoms with van der Waals surface area (Å²) in [4.78, 5) is 12.7. The van der Waals surface area contributed by atoms with Crippen LogP contribution >= 0.6 is 22.6 Å². The molecular weight excluding hydrogens is 563 g/mol. The number of nitriles is 1. The number of benzene rings is 4. The van der Waals surface area contributed by atoms with Crippen molar-refractivity contribution in [2.75, 3.05) is 11.9 Å². The fourth-order valence-electron chi connectivity index (χ4n) is 3.79. The number of nitrogens with one attached hydrogen (secondary N) is 1. The third-order valence-electron chi connectivity index (χ3n) is 5.57. The molecule has 0 unspecified atom stereocenters. The maximum Gasteiger partial charge on any atom is 0.266 e. The van der Waals surface area contributed by atoms with Crippen LogP contribution in [0, 0.1) is 21.8 Å². The van der Waals surface area contributed by atoms with Crippen molar-refractivity contribution in [3.8, 4) is 17.6 Å². The summed E-state index contributed by atoms with van der Waals surface area (Å²) in [6.45, 7) is 4.71. The summed E-state index contributed by atoms with van der Waals surface area (Å²) in [5, 5.41) is 14.7. The number of nitrogens with zero attached hydrogens (tertiary/aromatic N) is 1. The van der Waals surface area contributed by atoms with Gasteiger partial charge in [0.15, 0.2) is 11.5 Å². The Morgan fingerprint density at radius 3 is 2.53 bits per heavy atom. The molecule has 180 valence electrons. The third kappa shape index (κ3) is 6.04. The van der Waals surface area contributed by atoms with Crippen LogP contribution in [0.1, 0.15) is 23.6 Å². The Balaban J connectivity index is 1.59. The van der Waals surface area contributed by atoms with Crippen LogP contribution in [0.25, 0.3) is 16.8 Å². The molecule has 0 saturated carbocycles. The zero-order chi connectivity index (χ0) is 25.5. The van der Waals surface area contributed by atoms with E-state index in [-0.39, 0.29) is 5.57 Å². The van der Waals surface area contributed by atoms with Gasteiger partial charge in [-0.1, -0.05) is 60.2 Å². The van der Waals surface area contributed by atoms with Crippen LogP contribution in [0.5, 0.6) is 11.5 Å². The second-order valence-corrected chi connectivity index (χ2v) is 9.34. The van der Waals surface area contributed by atoms with Gasteiger partial charge in [0, 0.05) is 5.69 Å². The number of fused-ring (bicyclic) bond motifs is 1. The van der Waals surface area contributed by atoms with Crippen LogP contribution in [-0.4, -0.2) is 12.5 Å². The van der Waals surface area contributed by atoms with Gasteiger partial charge >= 0.3 is 0 Å². The van der Waals surface area contributed by atoms with Crippen molar-refractivity contribution in [1.82, 2.24) is 0 Å². The van der Waals surface area contributed by atoms with E-state index in [1.54, 1.807) is 24.3 Å². The van der Waals surface area contributed by atoms with Crippen molar-refractivity contribution in [3.05, 3.63) is 105 Å². The first-order valence-corrected chi connectivity index (χ1v) is 12.6. The first kappa shape index (κ1) is 25.3. The van der Waals surface area contributed by atoms with Crippen molar-refractivity contribution in [1.29, 1.82) is 5.26 Å². The second kappa shape index (κ2) is 11.7. The van der Waals surface area contributed by atoms with E-state index >= 15 is 0 Å². The summed E-state index contributed by atoms with van der Waals surface area (Å²) >= 11 is 2.19. The number of rotatable bonds is 8. The summed E-state index contributed by atoms with van der Waals surface area (Å²) in [6.07, 6.45) is 1.56. The summed E-state index contributed by atoms with van der Waals surface area (Å²) in [6, 6.07) is 27.4. The molecule has 0 aromatic heterocycles. The highest BCUT2D eigenvalue weighted by Gasteiger charge is 2.15. The fourth-order valence-corrected chi connectivity index (χ4v) is 4.57. The van der Waals surface area contributed by atoms with E-state index in [2.05, 4.69) is 52.2 Å². The first-order chi connectivity index (χ1) is 17.5. The SMILES string of the molecule is CCOc1cc(/C=C(/C#N)C(=O)Nc2ccc(C)cc2)cc(I)c1OCc1cccc2ccccc12. The molecule has 0 aliphatic rings. The number of hydrogen-bond donors (Lipinski definition) is 1. The molecular formula is C30H25IN2O3. The lowest BCUT2D eigenvalue weighted by atomic mass is 10.1. The van der Waals surface area contributed by atoms with Crippen molar-refractivity contribution in [2.45, 2.75) is 20.5 Å². The molecule has 6 heteroatoms. The van der Waals surface area contributed by atoms with Crippen molar-refractivity contribution >= 4 is 51.0 Å². The van der Waals surface area contributed by atoms with Gasteiger partial charge in [0.05, 0.1) is 10.2 Å². The molecule has 0 atom stereocenters. The van der Waals surface area contributed by atoms with Crippen molar-refractivity contribution in [3.63, 3.8) is 0 Å². The van der Waals surface area contributed by atoms with Gasteiger partial charge in [-0.15, -0.1) is 0 Å². The predicted octanol–water partition coefficient (Wildman–Crippen LogP) is 7.28. The minimum Gasteiger partial charge on any atom is -0.490 e. The van der Waals surface area contributed by atoms with E-state index in [0.29, 0.717) is 36.0 Å². The topological polar surface area (TPSA) is 71.3 Å². The number of halogens is 1. The monoisotopic (exact) mass is 588 g/mol. The highest BCUT2D eigenvalue weighted by Crippen LogP contribution is 2.36. The number of anilines is 1. The van der Waals surface area contributed by atoms with Gasteiger partial charge in [-0.25, -0.2) is 0 Å². The van der Waals surface area contributed by atoms with Crippen LogP contribution in [0.15, 0.2) is 84.4 Å². The summed E-state index contributed by atoms with van der Waals surface area (Å²) < 4.78 is 12.9. The van der Waals surface area contributed by atoms with Crippen molar-refractivity contribution < 1.29 is 14.3 Å². The Bertz CT molecular complexity index is 1470. The number of amides is 1. The highest BCUT2D eigenvalue weighted by atomic mass is 127. The van der Waals surface area contributed by atoms with Crippen molar-refractivity contribution in [2.24, 2.45) is 0 Å². The van der Waals surface area contributed by atoms with Gasteiger partial charge in [0.25, 0.3) is 5.91 Å². The molecule has 1 N–H and O–H groups in total. The van der Waals surface area contributed by atoms with E-state index in [1.807, 2.05) is 56.3 Å². The van der Waals surface area contributed by atoms with Gasteiger partial charge in [-0.3, -0.25) is 4.79 Å². The van der Waals surface area contributed by atoms with Crippen LogP contribution in [-0.2, 0) is 11.4 Å². The lowest BCUT2D eigenvalue weighted by molar-refractivity contribution is -0.112. The molecule has 0 aliphatic heterocycles. The molecule has 0 heterocycles. The van der Waals surface area contributed by atoms with Crippen LogP contribution < -0.4 is 14.8 Å².